The Bertz CT molecular complexity index is 1020. The minimum Gasteiger partial charge on any atom is -0.326 e. The van der Waals surface area contributed by atoms with Gasteiger partial charge < -0.3 is 5.32 Å². The van der Waals surface area contributed by atoms with Gasteiger partial charge in [-0.2, -0.15) is 0 Å². The molecule has 2 amide bonds. The van der Waals surface area contributed by atoms with Crippen molar-refractivity contribution >= 4 is 45.8 Å². The summed E-state index contributed by atoms with van der Waals surface area (Å²) in [5, 5.41) is 13.6. The summed E-state index contributed by atoms with van der Waals surface area (Å²) in [5.74, 6) is -0.525. The highest BCUT2D eigenvalue weighted by Crippen LogP contribution is 2.33. The molecule has 1 saturated heterocycles. The maximum Gasteiger partial charge on any atom is 0.271 e. The van der Waals surface area contributed by atoms with E-state index in [2.05, 4.69) is 16.9 Å². The minimum absolute atomic E-state index is 0.0149. The highest BCUT2D eigenvalue weighted by atomic mass is 32.2. The lowest BCUT2D eigenvalue weighted by Gasteiger charge is -2.14. The number of thioether (sulfide) groups is 1. The summed E-state index contributed by atoms with van der Waals surface area (Å²) in [7, 11) is 0. The number of nitrogens with one attached hydrogen (secondary N) is 1. The molecule has 1 aliphatic heterocycles. The molecule has 8 nitrogen and oxygen atoms in total. The van der Waals surface area contributed by atoms with E-state index in [9.17, 15) is 19.7 Å². The number of hydrogen-bond acceptors (Lipinski definition) is 6. The van der Waals surface area contributed by atoms with Crippen molar-refractivity contribution in [1.29, 1.82) is 0 Å². The number of hydrogen-bond donors (Lipinski definition) is 1. The molecule has 1 N–H and O–H groups in total. The van der Waals surface area contributed by atoms with Crippen molar-refractivity contribution in [3.8, 4) is 0 Å². The quantitative estimate of drug-likeness (QED) is 0.410. The third kappa shape index (κ3) is 4.93. The normalized spacial score (nSPS) is 17.2. The van der Waals surface area contributed by atoms with Crippen molar-refractivity contribution in [2.75, 3.05) is 11.9 Å². The number of nitro benzene ring substituents is 1. The van der Waals surface area contributed by atoms with Crippen LogP contribution >= 0.6 is 11.8 Å². The first-order valence-corrected chi connectivity index (χ1v) is 10.0. The van der Waals surface area contributed by atoms with Gasteiger partial charge in [-0.3, -0.25) is 24.6 Å². The number of amidine groups is 1. The van der Waals surface area contributed by atoms with Gasteiger partial charge in [0, 0.05) is 30.8 Å². The predicted octanol–water partition coefficient (Wildman–Crippen LogP) is 4.05. The van der Waals surface area contributed by atoms with E-state index in [0.29, 0.717) is 16.5 Å². The van der Waals surface area contributed by atoms with Crippen molar-refractivity contribution in [3.63, 3.8) is 0 Å². The van der Waals surface area contributed by atoms with Crippen LogP contribution in [0.2, 0.25) is 0 Å². The zero-order chi connectivity index (χ0) is 21.7. The van der Waals surface area contributed by atoms with Crippen LogP contribution in [0.3, 0.4) is 0 Å². The van der Waals surface area contributed by atoms with E-state index in [1.807, 2.05) is 18.2 Å². The molecule has 0 aliphatic carbocycles. The number of aliphatic imine (C=N–C) groups is 1. The second kappa shape index (κ2) is 9.36. The highest BCUT2D eigenvalue weighted by molar-refractivity contribution is 8.15. The average Bonchev–Trinajstić information content (AvgIpc) is 2.99. The Morgan fingerprint density at radius 1 is 1.33 bits per heavy atom. The number of amides is 2. The molecule has 0 spiro atoms. The first-order chi connectivity index (χ1) is 14.4. The van der Waals surface area contributed by atoms with Crippen molar-refractivity contribution < 1.29 is 14.5 Å². The third-order valence-electron chi connectivity index (χ3n) is 4.38. The number of non-ortho nitro benzene ring substituents is 1. The van der Waals surface area contributed by atoms with E-state index < -0.39 is 10.2 Å². The van der Waals surface area contributed by atoms with Crippen molar-refractivity contribution in [2.24, 2.45) is 4.99 Å². The lowest BCUT2D eigenvalue weighted by atomic mass is 10.2. The van der Waals surface area contributed by atoms with Gasteiger partial charge in [-0.05, 0) is 24.6 Å². The van der Waals surface area contributed by atoms with Gasteiger partial charge in [-0.1, -0.05) is 42.1 Å². The molecular formula is C21H20N4O4S. The Labute approximate surface area is 177 Å². The summed E-state index contributed by atoms with van der Waals surface area (Å²) < 4.78 is 0. The fourth-order valence-corrected chi connectivity index (χ4v) is 4.02. The van der Waals surface area contributed by atoms with Crippen molar-refractivity contribution in [3.05, 3.63) is 76.9 Å². The Morgan fingerprint density at radius 3 is 2.73 bits per heavy atom. The van der Waals surface area contributed by atoms with Crippen molar-refractivity contribution in [1.82, 2.24) is 4.90 Å². The molecule has 9 heteroatoms. The third-order valence-corrected chi connectivity index (χ3v) is 5.55. The van der Waals surface area contributed by atoms with Crippen LogP contribution in [0, 0.1) is 17.0 Å². The number of anilines is 1. The lowest BCUT2D eigenvalue weighted by molar-refractivity contribution is -0.384. The average molecular weight is 424 g/mol. The number of rotatable bonds is 7. The second-order valence-corrected chi connectivity index (χ2v) is 7.75. The Morgan fingerprint density at radius 2 is 2.07 bits per heavy atom. The van der Waals surface area contributed by atoms with E-state index in [4.69, 9.17) is 0 Å². The van der Waals surface area contributed by atoms with Crippen LogP contribution in [0.1, 0.15) is 12.0 Å². The molecule has 0 bridgehead atoms. The molecule has 3 rings (SSSR count). The van der Waals surface area contributed by atoms with E-state index in [-0.39, 0.29) is 30.5 Å². The van der Waals surface area contributed by atoms with Gasteiger partial charge in [0.25, 0.3) is 5.69 Å². The van der Waals surface area contributed by atoms with Gasteiger partial charge >= 0.3 is 0 Å². The van der Waals surface area contributed by atoms with Crippen LogP contribution < -0.4 is 5.32 Å². The van der Waals surface area contributed by atoms with Crippen LogP contribution in [-0.4, -0.2) is 38.6 Å². The molecule has 1 aliphatic rings. The Balaban J connectivity index is 1.81. The van der Waals surface area contributed by atoms with Gasteiger partial charge in [0.05, 0.1) is 10.6 Å². The fraction of sp³-hybridized carbons (Fsp3) is 0.190. The van der Waals surface area contributed by atoms with Crippen LogP contribution in [0.15, 0.2) is 66.2 Å². The smallest absolute Gasteiger partial charge is 0.271 e. The maximum absolute atomic E-state index is 12.8. The summed E-state index contributed by atoms with van der Waals surface area (Å²) in [5.41, 5.74) is 1.72. The molecule has 1 fully saturated rings. The summed E-state index contributed by atoms with van der Waals surface area (Å²) in [6, 6.07) is 13.4. The van der Waals surface area contributed by atoms with Crippen LogP contribution in [0.5, 0.6) is 0 Å². The number of nitrogens with zero attached hydrogens (tertiary/aromatic N) is 3. The fourth-order valence-electron chi connectivity index (χ4n) is 2.86. The molecule has 30 heavy (non-hydrogen) atoms. The number of carbonyl (C=O) groups is 2. The summed E-state index contributed by atoms with van der Waals surface area (Å²) in [6.07, 6.45) is 1.56. The lowest BCUT2D eigenvalue weighted by Crippen LogP contribution is -2.33. The van der Waals surface area contributed by atoms with Gasteiger partial charge in [0.2, 0.25) is 11.8 Å². The number of nitro groups is 1. The SMILES string of the molecule is C=CCN1C(=O)C(CC(=O)Nc2ccccc2)SC1=Nc1cc([N+](=O)[O-])ccc1C. The number of benzene rings is 2. The van der Waals surface area contributed by atoms with Gasteiger partial charge in [0.15, 0.2) is 5.17 Å². The summed E-state index contributed by atoms with van der Waals surface area (Å²) >= 11 is 1.17. The summed E-state index contributed by atoms with van der Waals surface area (Å²) in [6.45, 7) is 5.69. The molecule has 0 aromatic heterocycles. The molecule has 2 aromatic carbocycles. The van der Waals surface area contributed by atoms with Gasteiger partial charge in [-0.15, -0.1) is 6.58 Å². The zero-order valence-electron chi connectivity index (χ0n) is 16.3. The largest absolute Gasteiger partial charge is 0.326 e. The molecule has 0 radical (unpaired) electrons. The topological polar surface area (TPSA) is 105 Å². The van der Waals surface area contributed by atoms with E-state index >= 15 is 0 Å². The van der Waals surface area contributed by atoms with E-state index in [1.54, 1.807) is 31.2 Å². The van der Waals surface area contributed by atoms with Crippen LogP contribution in [0.4, 0.5) is 17.1 Å². The molecule has 1 heterocycles. The molecular weight excluding hydrogens is 404 g/mol. The monoisotopic (exact) mass is 424 g/mol. The van der Waals surface area contributed by atoms with E-state index in [1.165, 1.54) is 28.8 Å². The second-order valence-electron chi connectivity index (χ2n) is 6.58. The Kier molecular flexibility index (Phi) is 6.63. The number of carbonyl (C=O) groups excluding carboxylic acids is 2. The summed E-state index contributed by atoms with van der Waals surface area (Å²) in [4.78, 5) is 41.7. The predicted molar refractivity (Wildman–Crippen MR) is 118 cm³/mol. The molecule has 0 saturated carbocycles. The number of aryl methyl sites for hydroxylation is 1. The highest BCUT2D eigenvalue weighted by Gasteiger charge is 2.38. The molecule has 1 atom stereocenters. The standard InChI is InChI=1S/C21H20N4O4S/c1-3-11-24-20(27)18(13-19(26)22-15-7-5-4-6-8-15)30-21(24)23-17-12-16(25(28)29)10-9-14(17)2/h3-10,12,18H,1,11,13H2,2H3,(H,22,26). The van der Waals surface area contributed by atoms with Gasteiger partial charge in [0.1, 0.15) is 5.25 Å². The number of para-hydroxylation sites is 1. The molecule has 2 aromatic rings. The van der Waals surface area contributed by atoms with Gasteiger partial charge in [-0.25, -0.2) is 4.99 Å². The molecule has 1 unspecified atom stereocenters. The van der Waals surface area contributed by atoms with Crippen LogP contribution in [-0.2, 0) is 9.59 Å². The molecule has 154 valence electrons. The minimum atomic E-state index is -0.633. The van der Waals surface area contributed by atoms with E-state index in [0.717, 1.165) is 5.56 Å². The van der Waals surface area contributed by atoms with Crippen LogP contribution in [0.25, 0.3) is 0 Å². The first kappa shape index (κ1) is 21.3. The maximum atomic E-state index is 12.8. The van der Waals surface area contributed by atoms with Crippen molar-refractivity contribution in [2.45, 2.75) is 18.6 Å². The zero-order valence-corrected chi connectivity index (χ0v) is 17.1. The first-order valence-electron chi connectivity index (χ1n) is 9.16. The Hall–Kier alpha value is -3.46.